The van der Waals surface area contributed by atoms with Gasteiger partial charge in [0.05, 0.1) is 0 Å². The lowest BCUT2D eigenvalue weighted by atomic mass is 9.62. The minimum Gasteiger partial charge on any atom is -0.456 e. The third-order valence-electron chi connectivity index (χ3n) is 7.70. The minimum absolute atomic E-state index is 0.166. The average molecular weight is 474 g/mol. The van der Waals surface area contributed by atoms with E-state index < -0.39 is 0 Å². The molecule has 35 heavy (non-hydrogen) atoms. The number of amides is 1. The van der Waals surface area contributed by atoms with Crippen LogP contribution in [0.3, 0.4) is 0 Å². The highest BCUT2D eigenvalue weighted by Crippen LogP contribution is 2.46. The van der Waals surface area contributed by atoms with Gasteiger partial charge in [0.25, 0.3) is 5.91 Å². The highest BCUT2D eigenvalue weighted by atomic mass is 16.7. The van der Waals surface area contributed by atoms with Crippen LogP contribution in [0.1, 0.15) is 84.7 Å². The first-order valence-corrected chi connectivity index (χ1v) is 12.5. The van der Waals surface area contributed by atoms with Crippen molar-refractivity contribution in [1.82, 2.24) is 5.32 Å². The van der Waals surface area contributed by atoms with Gasteiger partial charge in [-0.05, 0) is 89.1 Å². The van der Waals surface area contributed by atoms with Crippen LogP contribution in [-0.4, -0.2) is 19.2 Å². The summed E-state index contributed by atoms with van der Waals surface area (Å²) in [5, 5.41) is 2.96. The zero-order chi connectivity index (χ0) is 24.8. The molecule has 0 atom stereocenters. The first-order chi connectivity index (χ1) is 16.6. The largest absolute Gasteiger partial charge is 0.456 e. The summed E-state index contributed by atoms with van der Waals surface area (Å²) in [5.74, 6) is 2.49. The Morgan fingerprint density at radius 1 is 0.914 bits per heavy atom. The number of benzene rings is 2. The zero-order valence-corrected chi connectivity index (χ0v) is 21.4. The van der Waals surface area contributed by atoms with Gasteiger partial charge in [-0.3, -0.25) is 4.79 Å². The van der Waals surface area contributed by atoms with Gasteiger partial charge in [-0.15, -0.1) is 0 Å². The molecule has 2 aromatic carbocycles. The molecule has 1 amide bonds. The standard InChI is InChI=1S/C30H35NO4/c1-19-14-23-24(30(4,5)12-11-29(23,2)3)17-21(19)16-22-7-9-26(35-22)28(32)31-13-10-20-6-8-25-27(15-20)34-18-33-25/h6-9,14-15,17H,10-13,16,18H2,1-5H3,(H,31,32). The fourth-order valence-corrected chi connectivity index (χ4v) is 5.24. The second kappa shape index (κ2) is 8.78. The Bertz CT molecular complexity index is 1270. The van der Waals surface area contributed by atoms with Crippen molar-refractivity contribution in [1.29, 1.82) is 0 Å². The Kier molecular flexibility index (Phi) is 5.90. The number of rotatable bonds is 6. The number of furan rings is 1. The number of ether oxygens (including phenoxy) is 2. The van der Waals surface area contributed by atoms with E-state index in [-0.39, 0.29) is 23.5 Å². The van der Waals surface area contributed by atoms with Crippen LogP contribution in [0.15, 0.2) is 46.9 Å². The number of nitrogens with one attached hydrogen (secondary N) is 1. The third kappa shape index (κ3) is 4.69. The number of fused-ring (bicyclic) bond motifs is 2. The monoisotopic (exact) mass is 473 g/mol. The van der Waals surface area contributed by atoms with Crippen molar-refractivity contribution >= 4 is 5.91 Å². The summed E-state index contributed by atoms with van der Waals surface area (Å²) in [5.41, 5.74) is 6.91. The van der Waals surface area contributed by atoms with E-state index in [1.807, 2.05) is 24.3 Å². The molecule has 1 aliphatic heterocycles. The summed E-state index contributed by atoms with van der Waals surface area (Å²) < 4.78 is 16.7. The first-order valence-electron chi connectivity index (χ1n) is 12.5. The first kappa shape index (κ1) is 23.5. The Morgan fingerprint density at radius 2 is 1.63 bits per heavy atom. The van der Waals surface area contributed by atoms with Gasteiger partial charge >= 0.3 is 0 Å². The molecule has 1 N–H and O–H groups in total. The molecule has 0 unspecified atom stereocenters. The molecular formula is C30H35NO4. The van der Waals surface area contributed by atoms with Gasteiger partial charge in [-0.25, -0.2) is 0 Å². The van der Waals surface area contributed by atoms with Crippen molar-refractivity contribution in [3.05, 3.63) is 81.8 Å². The smallest absolute Gasteiger partial charge is 0.287 e. The van der Waals surface area contributed by atoms with Gasteiger partial charge in [0.2, 0.25) is 6.79 Å². The number of carbonyl (C=O) groups is 1. The van der Waals surface area contributed by atoms with Crippen molar-refractivity contribution in [3.8, 4) is 11.5 Å². The van der Waals surface area contributed by atoms with Crippen LogP contribution in [0.25, 0.3) is 0 Å². The van der Waals surface area contributed by atoms with Crippen LogP contribution in [0.2, 0.25) is 0 Å². The molecule has 3 aromatic rings. The lowest BCUT2D eigenvalue weighted by molar-refractivity contribution is 0.0925. The SMILES string of the molecule is Cc1cc2c(cc1Cc1ccc(C(=O)NCCc3ccc4c(c3)OCO4)o1)C(C)(C)CCC2(C)C. The second-order valence-electron chi connectivity index (χ2n) is 11.2. The van der Waals surface area contributed by atoms with Crippen LogP contribution >= 0.6 is 0 Å². The quantitative estimate of drug-likeness (QED) is 0.461. The molecule has 184 valence electrons. The maximum absolute atomic E-state index is 12.7. The second-order valence-corrected chi connectivity index (χ2v) is 11.2. The molecule has 0 saturated heterocycles. The van der Waals surface area contributed by atoms with E-state index in [1.54, 1.807) is 6.07 Å². The minimum atomic E-state index is -0.193. The molecule has 5 rings (SSSR count). The third-order valence-corrected chi connectivity index (χ3v) is 7.70. The Hall–Kier alpha value is -3.21. The molecule has 1 aliphatic carbocycles. The summed E-state index contributed by atoms with van der Waals surface area (Å²) in [6.45, 7) is 12.4. The fourth-order valence-electron chi connectivity index (χ4n) is 5.24. The van der Waals surface area contributed by atoms with Crippen molar-refractivity contribution in [2.45, 2.75) is 71.1 Å². The Balaban J connectivity index is 1.24. The van der Waals surface area contributed by atoms with Crippen LogP contribution < -0.4 is 14.8 Å². The average Bonchev–Trinajstić information content (AvgIpc) is 3.47. The predicted octanol–water partition coefficient (Wildman–Crippen LogP) is 6.23. The predicted molar refractivity (Wildman–Crippen MR) is 137 cm³/mol. The molecule has 5 nitrogen and oxygen atoms in total. The van der Waals surface area contributed by atoms with Crippen molar-refractivity contribution in [2.24, 2.45) is 0 Å². The number of carbonyl (C=O) groups excluding carboxylic acids is 1. The highest BCUT2D eigenvalue weighted by molar-refractivity contribution is 5.91. The van der Waals surface area contributed by atoms with Gasteiger partial charge in [-0.2, -0.15) is 0 Å². The van der Waals surface area contributed by atoms with E-state index in [0.717, 1.165) is 22.8 Å². The van der Waals surface area contributed by atoms with E-state index in [2.05, 4.69) is 52.1 Å². The van der Waals surface area contributed by atoms with Gasteiger partial charge in [0.1, 0.15) is 5.76 Å². The lowest BCUT2D eigenvalue weighted by Crippen LogP contribution is -2.34. The van der Waals surface area contributed by atoms with Crippen LogP contribution in [-0.2, 0) is 23.7 Å². The molecule has 0 spiro atoms. The number of hydrogen-bond donors (Lipinski definition) is 1. The summed E-state index contributed by atoms with van der Waals surface area (Å²) in [7, 11) is 0. The molecule has 0 radical (unpaired) electrons. The van der Waals surface area contributed by atoms with Gasteiger partial charge in [0, 0.05) is 13.0 Å². The zero-order valence-electron chi connectivity index (χ0n) is 21.4. The summed E-state index contributed by atoms with van der Waals surface area (Å²) >= 11 is 0. The normalized spacial score (nSPS) is 17.2. The summed E-state index contributed by atoms with van der Waals surface area (Å²) in [6.07, 6.45) is 3.78. The van der Waals surface area contributed by atoms with Gasteiger partial charge < -0.3 is 19.2 Å². The molecular weight excluding hydrogens is 438 g/mol. The highest BCUT2D eigenvalue weighted by Gasteiger charge is 2.37. The topological polar surface area (TPSA) is 60.7 Å². The van der Waals surface area contributed by atoms with Gasteiger partial charge in [-0.1, -0.05) is 45.9 Å². The molecule has 5 heteroatoms. The lowest BCUT2D eigenvalue weighted by Gasteiger charge is -2.42. The molecule has 1 aromatic heterocycles. The van der Waals surface area contributed by atoms with Crippen LogP contribution in [0.4, 0.5) is 0 Å². The number of hydrogen-bond acceptors (Lipinski definition) is 4. The maximum Gasteiger partial charge on any atom is 0.287 e. The molecule has 0 bridgehead atoms. The Labute approximate surface area is 207 Å². The van der Waals surface area contributed by atoms with E-state index >= 15 is 0 Å². The summed E-state index contributed by atoms with van der Waals surface area (Å²) in [6, 6.07) is 14.3. The van der Waals surface area contributed by atoms with Crippen molar-refractivity contribution < 1.29 is 18.7 Å². The van der Waals surface area contributed by atoms with Crippen molar-refractivity contribution in [3.63, 3.8) is 0 Å². The van der Waals surface area contributed by atoms with E-state index in [9.17, 15) is 4.79 Å². The fraction of sp³-hybridized carbons (Fsp3) is 0.433. The van der Waals surface area contributed by atoms with E-state index in [4.69, 9.17) is 13.9 Å². The van der Waals surface area contributed by atoms with Crippen LogP contribution in [0.5, 0.6) is 11.5 Å². The molecule has 0 fully saturated rings. The number of aryl methyl sites for hydroxylation is 1. The maximum atomic E-state index is 12.7. The van der Waals surface area contributed by atoms with E-state index in [0.29, 0.717) is 25.1 Å². The summed E-state index contributed by atoms with van der Waals surface area (Å²) in [4.78, 5) is 12.7. The molecule has 2 aliphatic rings. The molecule has 2 heterocycles. The van der Waals surface area contributed by atoms with Crippen LogP contribution in [0, 0.1) is 6.92 Å². The Morgan fingerprint density at radius 3 is 2.40 bits per heavy atom. The van der Waals surface area contributed by atoms with E-state index in [1.165, 1.54) is 35.1 Å². The van der Waals surface area contributed by atoms with Gasteiger partial charge in [0.15, 0.2) is 17.3 Å². The van der Waals surface area contributed by atoms with Crippen molar-refractivity contribution in [2.75, 3.05) is 13.3 Å². The molecule has 0 saturated carbocycles.